The maximum Gasteiger partial charge on any atom is 0.385 e. The second-order valence-corrected chi connectivity index (χ2v) is 6.61. The number of rotatable bonds is 6. The van der Waals surface area contributed by atoms with Gasteiger partial charge in [-0.15, -0.1) is 0 Å². The predicted octanol–water partition coefficient (Wildman–Crippen LogP) is 0.219. The minimum absolute atomic E-state index is 0.00595. The molecule has 0 aromatic rings. The molecule has 0 saturated carbocycles. The number of aliphatic hydroxyl groups is 2. The topological polar surface area (TPSA) is 76.0 Å². The van der Waals surface area contributed by atoms with E-state index < -0.39 is 5.97 Å². The van der Waals surface area contributed by atoms with Gasteiger partial charge >= 0.3 is 5.97 Å². The van der Waals surface area contributed by atoms with E-state index in [9.17, 15) is 15.0 Å². The van der Waals surface area contributed by atoms with Crippen molar-refractivity contribution in [3.8, 4) is 94.7 Å². The Morgan fingerprint density at radius 3 is 1.91 bits per heavy atom. The minimum atomic E-state index is -0.726. The summed E-state index contributed by atoms with van der Waals surface area (Å²) >= 11 is 0. The number of hydrogen-bond acceptors (Lipinski definition) is 5. The van der Waals surface area contributed by atoms with E-state index in [0.717, 1.165) is 0 Å². The normalized spacial score (nSPS) is 17.5. The molecule has 5 nitrogen and oxygen atoms in total. The van der Waals surface area contributed by atoms with Gasteiger partial charge in [-0.1, -0.05) is 12.8 Å². The Kier molecular flexibility index (Phi) is 14.3. The smallest absolute Gasteiger partial charge is 0.385 e. The molecule has 0 bridgehead atoms. The number of carbonyl (C=O) groups excluding carboxylic acids is 1. The number of ether oxygens (including phenoxy) is 2. The third-order valence-corrected chi connectivity index (χ3v) is 4.44. The van der Waals surface area contributed by atoms with E-state index in [0.29, 0.717) is 13.0 Å². The Morgan fingerprint density at radius 2 is 1.42 bits per heavy atom. The zero-order chi connectivity index (χ0) is 24.2. The van der Waals surface area contributed by atoms with Crippen molar-refractivity contribution in [2.75, 3.05) is 26.4 Å². The van der Waals surface area contributed by atoms with Gasteiger partial charge in [-0.2, -0.15) is 0 Å². The highest BCUT2D eigenvalue weighted by Crippen LogP contribution is 2.32. The summed E-state index contributed by atoms with van der Waals surface area (Å²) in [6.07, 6.45) is 0.148. The lowest BCUT2D eigenvalue weighted by Gasteiger charge is -2.26. The average molecular weight is 438 g/mol. The molecule has 1 saturated heterocycles. The van der Waals surface area contributed by atoms with E-state index in [1.54, 1.807) is 6.92 Å². The van der Waals surface area contributed by atoms with Crippen LogP contribution in [0.1, 0.15) is 20.3 Å². The lowest BCUT2D eigenvalue weighted by atomic mass is 9.85. The van der Waals surface area contributed by atoms with Crippen LogP contribution < -0.4 is 0 Å². The summed E-state index contributed by atoms with van der Waals surface area (Å²) in [7, 11) is 0. The Hall–Kier alpha value is -4.17. The lowest BCUT2D eigenvalue weighted by molar-refractivity contribution is -0.137. The van der Waals surface area contributed by atoms with Crippen LogP contribution in [0.4, 0.5) is 0 Å². The molecule has 33 heavy (non-hydrogen) atoms. The van der Waals surface area contributed by atoms with E-state index in [-0.39, 0.29) is 43.7 Å². The molecule has 4 atom stereocenters. The highest BCUT2D eigenvalue weighted by Gasteiger charge is 2.38. The van der Waals surface area contributed by atoms with Gasteiger partial charge in [-0.05, 0) is 102 Å². The zero-order valence-corrected chi connectivity index (χ0v) is 18.5. The van der Waals surface area contributed by atoms with E-state index in [4.69, 9.17) is 9.47 Å². The van der Waals surface area contributed by atoms with Crippen molar-refractivity contribution in [2.24, 2.45) is 17.8 Å². The van der Waals surface area contributed by atoms with Crippen molar-refractivity contribution < 1.29 is 24.5 Å². The average Bonchev–Trinajstić information content (AvgIpc) is 3.19. The van der Waals surface area contributed by atoms with Gasteiger partial charge in [-0.3, -0.25) is 0 Å². The molecule has 1 fully saturated rings. The maximum atomic E-state index is 11.6. The largest absolute Gasteiger partial charge is 0.456 e. The van der Waals surface area contributed by atoms with Crippen LogP contribution in [0, 0.1) is 112 Å². The van der Waals surface area contributed by atoms with Gasteiger partial charge in [0.1, 0.15) is 0 Å². The summed E-state index contributed by atoms with van der Waals surface area (Å²) in [5.74, 6) is 38.7. The van der Waals surface area contributed by atoms with E-state index in [1.807, 2.05) is 6.92 Å². The van der Waals surface area contributed by atoms with Gasteiger partial charge in [0, 0.05) is 37.6 Å². The Bertz CT molecular complexity index is 1180. The van der Waals surface area contributed by atoms with Crippen molar-refractivity contribution >= 4 is 5.97 Å². The molecule has 3 unspecified atom stereocenters. The third kappa shape index (κ3) is 11.7. The summed E-state index contributed by atoms with van der Waals surface area (Å²) in [5, 5.41) is 19.1. The van der Waals surface area contributed by atoms with E-state index >= 15 is 0 Å². The monoisotopic (exact) mass is 438 g/mol. The van der Waals surface area contributed by atoms with E-state index in [2.05, 4.69) is 94.7 Å². The molecular weight excluding hydrogens is 416 g/mol. The fourth-order valence-corrected chi connectivity index (χ4v) is 2.82. The molecule has 0 radical (unpaired) electrons. The highest BCUT2D eigenvalue weighted by molar-refractivity contribution is 5.89. The van der Waals surface area contributed by atoms with Gasteiger partial charge < -0.3 is 19.7 Å². The van der Waals surface area contributed by atoms with Gasteiger partial charge in [0.05, 0.1) is 12.7 Å². The number of aliphatic hydroxyl groups excluding tert-OH is 2. The van der Waals surface area contributed by atoms with Crippen LogP contribution in [0.3, 0.4) is 0 Å². The van der Waals surface area contributed by atoms with Crippen LogP contribution in [0.5, 0.6) is 0 Å². The molecule has 5 heteroatoms. The zero-order valence-electron chi connectivity index (χ0n) is 18.5. The molecule has 0 spiro atoms. The quantitative estimate of drug-likeness (QED) is 0.353. The molecule has 1 aliphatic heterocycles. The van der Waals surface area contributed by atoms with Crippen LogP contribution in [0.25, 0.3) is 0 Å². The third-order valence-electron chi connectivity index (χ3n) is 4.44. The standard InChI is InChI=1S/C28H22O5/c1-3-4-5-6-7-8-9-10-11-12-13-14-15-16-17-18-27(31)32-20-19-25(21-29)28-26(22-30)24(2)23-33-28/h24-26,28-30H,19-23H2,1-2H3/t24?,25?,26-,28?/m0/s1. The predicted molar refractivity (Wildman–Crippen MR) is 124 cm³/mol. The molecule has 1 heterocycles. The van der Waals surface area contributed by atoms with Crippen molar-refractivity contribution in [1.29, 1.82) is 0 Å². The fraction of sp³-hybridized carbons (Fsp3) is 0.393. The van der Waals surface area contributed by atoms with Gasteiger partial charge in [0.2, 0.25) is 0 Å². The molecule has 1 rings (SSSR count). The second-order valence-electron chi connectivity index (χ2n) is 6.61. The van der Waals surface area contributed by atoms with E-state index in [1.165, 1.54) is 0 Å². The maximum absolute atomic E-state index is 11.6. The Morgan fingerprint density at radius 1 is 0.909 bits per heavy atom. The fourth-order valence-electron chi connectivity index (χ4n) is 2.82. The Balaban J connectivity index is 2.39. The highest BCUT2D eigenvalue weighted by atomic mass is 16.5. The summed E-state index contributed by atoms with van der Waals surface area (Å²) in [6.45, 7) is 4.18. The molecular formula is C28H22O5. The molecule has 2 N–H and O–H groups in total. The van der Waals surface area contributed by atoms with Crippen LogP contribution in [-0.2, 0) is 14.3 Å². The molecule has 0 aromatic carbocycles. The first-order valence-electron chi connectivity index (χ1n) is 10.1. The summed E-state index contributed by atoms with van der Waals surface area (Å²) < 4.78 is 10.7. The number of hydrogen-bond donors (Lipinski definition) is 2. The van der Waals surface area contributed by atoms with Crippen molar-refractivity contribution in [3.63, 3.8) is 0 Å². The molecule has 164 valence electrons. The molecule has 0 aliphatic carbocycles. The van der Waals surface area contributed by atoms with Gasteiger partial charge in [0.15, 0.2) is 0 Å². The summed E-state index contributed by atoms with van der Waals surface area (Å²) in [4.78, 5) is 11.6. The summed E-state index contributed by atoms with van der Waals surface area (Å²) in [6, 6.07) is 0. The van der Waals surface area contributed by atoms with Crippen molar-refractivity contribution in [3.05, 3.63) is 0 Å². The first kappa shape index (κ1) is 26.9. The van der Waals surface area contributed by atoms with Crippen molar-refractivity contribution in [2.45, 2.75) is 26.4 Å². The van der Waals surface area contributed by atoms with Gasteiger partial charge in [-0.25, -0.2) is 4.79 Å². The first-order valence-corrected chi connectivity index (χ1v) is 10.1. The van der Waals surface area contributed by atoms with Crippen LogP contribution in [-0.4, -0.2) is 48.7 Å². The molecule has 1 aliphatic rings. The van der Waals surface area contributed by atoms with Crippen LogP contribution >= 0.6 is 0 Å². The summed E-state index contributed by atoms with van der Waals surface area (Å²) in [5.41, 5.74) is 0. The number of carbonyl (C=O) groups is 1. The molecule has 0 amide bonds. The SMILES string of the molecule is CC#CC#CC#CC#CC#CC#CC#CC#CC(=O)OCCC(CO)C1OCC(C)[C@@H]1CO. The minimum Gasteiger partial charge on any atom is -0.456 e. The Labute approximate surface area is 196 Å². The van der Waals surface area contributed by atoms with Crippen LogP contribution in [0.15, 0.2) is 0 Å². The van der Waals surface area contributed by atoms with Gasteiger partial charge in [0.25, 0.3) is 0 Å². The lowest BCUT2D eigenvalue weighted by Crippen LogP contribution is -2.33. The first-order chi connectivity index (χ1) is 16.1. The van der Waals surface area contributed by atoms with Crippen LogP contribution in [0.2, 0.25) is 0 Å². The number of esters is 1. The molecule has 0 aromatic heterocycles. The van der Waals surface area contributed by atoms with Crippen molar-refractivity contribution in [1.82, 2.24) is 0 Å². The second kappa shape index (κ2) is 17.5.